The van der Waals surface area contributed by atoms with E-state index >= 15 is 0 Å². The van der Waals surface area contributed by atoms with Gasteiger partial charge in [0.25, 0.3) is 5.91 Å². The maximum atomic E-state index is 12.1. The first-order chi connectivity index (χ1) is 8.66. The second-order valence-electron chi connectivity index (χ2n) is 4.83. The van der Waals surface area contributed by atoms with Crippen LogP contribution in [0.2, 0.25) is 0 Å². The van der Waals surface area contributed by atoms with E-state index in [2.05, 4.69) is 21.2 Å². The minimum absolute atomic E-state index is 0.0929. The van der Waals surface area contributed by atoms with Gasteiger partial charge in [0.2, 0.25) is 0 Å². The first-order valence-corrected chi connectivity index (χ1v) is 7.25. The number of carbonyl (C=O) groups excluding carboxylic acids is 1. The average Bonchev–Trinajstić information content (AvgIpc) is 2.61. The molecule has 1 aromatic rings. The highest BCUT2D eigenvalue weighted by molar-refractivity contribution is 9.10. The molecule has 0 aromatic heterocycles. The lowest BCUT2D eigenvalue weighted by Gasteiger charge is -2.16. The molecule has 0 aliphatic heterocycles. The Bertz CT molecular complexity index is 426. The second kappa shape index (κ2) is 6.23. The Balaban J connectivity index is 1.99. The van der Waals surface area contributed by atoms with Crippen LogP contribution in [0.25, 0.3) is 0 Å². The van der Waals surface area contributed by atoms with Gasteiger partial charge in [-0.05, 0) is 47.0 Å². The summed E-state index contributed by atoms with van der Waals surface area (Å²) in [4.78, 5) is 12.1. The molecule has 1 amide bonds. The van der Waals surface area contributed by atoms with Crippen LogP contribution < -0.4 is 5.32 Å². The molecule has 0 heterocycles. The summed E-state index contributed by atoms with van der Waals surface area (Å²) in [5, 5.41) is 12.6. The summed E-state index contributed by atoms with van der Waals surface area (Å²) < 4.78 is 0.605. The average molecular weight is 312 g/mol. The molecule has 0 saturated heterocycles. The minimum Gasteiger partial charge on any atom is -0.507 e. The Hall–Kier alpha value is -1.03. The molecule has 98 valence electrons. The van der Waals surface area contributed by atoms with Gasteiger partial charge in [0.1, 0.15) is 5.75 Å². The third-order valence-corrected chi connectivity index (χ3v) is 4.07. The zero-order chi connectivity index (χ0) is 13.0. The van der Waals surface area contributed by atoms with Gasteiger partial charge in [0.05, 0.1) is 4.47 Å². The van der Waals surface area contributed by atoms with Crippen molar-refractivity contribution < 1.29 is 9.90 Å². The summed E-state index contributed by atoms with van der Waals surface area (Å²) >= 11 is 3.21. The van der Waals surface area contributed by atoms with E-state index in [4.69, 9.17) is 0 Å². The van der Waals surface area contributed by atoms with Gasteiger partial charge in [0, 0.05) is 11.6 Å². The van der Waals surface area contributed by atoms with E-state index in [1.807, 2.05) is 0 Å². The van der Waals surface area contributed by atoms with Crippen molar-refractivity contribution in [1.82, 2.24) is 5.32 Å². The van der Waals surface area contributed by atoms with Gasteiger partial charge in [-0.15, -0.1) is 0 Å². The number of phenolic OH excluding ortho intramolecular Hbond substituents is 1. The van der Waals surface area contributed by atoms with Crippen molar-refractivity contribution in [2.75, 3.05) is 0 Å². The summed E-state index contributed by atoms with van der Waals surface area (Å²) in [6.45, 7) is 0. The fourth-order valence-electron chi connectivity index (χ4n) is 2.35. The van der Waals surface area contributed by atoms with E-state index < -0.39 is 0 Å². The summed E-state index contributed by atoms with van der Waals surface area (Å²) in [5.74, 6) is 0.00761. The van der Waals surface area contributed by atoms with Crippen LogP contribution in [-0.4, -0.2) is 17.1 Å². The predicted molar refractivity (Wildman–Crippen MR) is 74.8 cm³/mol. The third-order valence-electron chi connectivity index (χ3n) is 3.40. The first kappa shape index (κ1) is 13.4. The van der Waals surface area contributed by atoms with Gasteiger partial charge in [-0.25, -0.2) is 0 Å². The summed E-state index contributed by atoms with van der Waals surface area (Å²) in [6.07, 6.45) is 7.05. The normalized spacial score (nSPS) is 17.2. The molecule has 1 saturated carbocycles. The standard InChI is InChI=1S/C14H18BrNO2/c15-12-8-7-10(9-13(12)17)14(18)16-11-5-3-1-2-4-6-11/h7-9,11,17H,1-6H2,(H,16,18). The Labute approximate surface area is 116 Å². The van der Waals surface area contributed by atoms with Crippen LogP contribution in [0.5, 0.6) is 5.75 Å². The van der Waals surface area contributed by atoms with Crippen molar-refractivity contribution >= 4 is 21.8 Å². The molecule has 0 atom stereocenters. The number of benzene rings is 1. The van der Waals surface area contributed by atoms with E-state index in [-0.39, 0.29) is 17.7 Å². The highest BCUT2D eigenvalue weighted by Crippen LogP contribution is 2.24. The molecule has 0 unspecified atom stereocenters. The molecule has 4 heteroatoms. The Morgan fingerprint density at radius 2 is 1.89 bits per heavy atom. The van der Waals surface area contributed by atoms with E-state index in [0.717, 1.165) is 12.8 Å². The molecule has 2 rings (SSSR count). The Kier molecular flexibility index (Phi) is 4.64. The molecule has 1 aromatic carbocycles. The number of rotatable bonds is 2. The van der Waals surface area contributed by atoms with Crippen molar-refractivity contribution in [2.24, 2.45) is 0 Å². The molecule has 1 aliphatic carbocycles. The predicted octanol–water partition coefficient (Wildman–Crippen LogP) is 3.61. The van der Waals surface area contributed by atoms with Gasteiger partial charge < -0.3 is 10.4 Å². The van der Waals surface area contributed by atoms with Crippen LogP contribution in [0.4, 0.5) is 0 Å². The number of nitrogens with one attached hydrogen (secondary N) is 1. The molecule has 3 nitrogen and oxygen atoms in total. The maximum absolute atomic E-state index is 12.1. The molecule has 2 N–H and O–H groups in total. The molecule has 18 heavy (non-hydrogen) atoms. The topological polar surface area (TPSA) is 49.3 Å². The van der Waals surface area contributed by atoms with Crippen LogP contribution in [0.15, 0.2) is 22.7 Å². The quantitative estimate of drug-likeness (QED) is 0.820. The molecule has 0 spiro atoms. The molecule has 0 bridgehead atoms. The van der Waals surface area contributed by atoms with E-state index in [9.17, 15) is 9.90 Å². The number of phenols is 1. The second-order valence-corrected chi connectivity index (χ2v) is 5.68. The molecule has 1 aliphatic rings. The molecular weight excluding hydrogens is 294 g/mol. The van der Waals surface area contributed by atoms with Crippen molar-refractivity contribution in [2.45, 2.75) is 44.6 Å². The zero-order valence-electron chi connectivity index (χ0n) is 10.3. The van der Waals surface area contributed by atoms with Crippen LogP contribution in [0.1, 0.15) is 48.9 Å². The number of aromatic hydroxyl groups is 1. The number of halogens is 1. The molecule has 1 fully saturated rings. The Morgan fingerprint density at radius 1 is 1.22 bits per heavy atom. The van der Waals surface area contributed by atoms with Crippen molar-refractivity contribution in [1.29, 1.82) is 0 Å². The molecule has 0 radical (unpaired) electrons. The SMILES string of the molecule is O=C(NC1CCCCCC1)c1ccc(Br)c(O)c1. The van der Waals surface area contributed by atoms with Crippen molar-refractivity contribution in [3.63, 3.8) is 0 Å². The first-order valence-electron chi connectivity index (χ1n) is 6.46. The number of carbonyl (C=O) groups is 1. The van der Waals surface area contributed by atoms with E-state index in [1.54, 1.807) is 12.1 Å². The van der Waals surface area contributed by atoms with Crippen LogP contribution in [0, 0.1) is 0 Å². The third kappa shape index (κ3) is 3.48. The van der Waals surface area contributed by atoms with Crippen molar-refractivity contribution in [3.05, 3.63) is 28.2 Å². The van der Waals surface area contributed by atoms with Gasteiger partial charge in [-0.2, -0.15) is 0 Å². The van der Waals surface area contributed by atoms with E-state index in [1.165, 1.54) is 31.7 Å². The summed E-state index contributed by atoms with van der Waals surface area (Å²) in [5.41, 5.74) is 0.514. The monoisotopic (exact) mass is 311 g/mol. The smallest absolute Gasteiger partial charge is 0.251 e. The number of amides is 1. The Morgan fingerprint density at radius 3 is 2.50 bits per heavy atom. The van der Waals surface area contributed by atoms with E-state index in [0.29, 0.717) is 10.0 Å². The summed E-state index contributed by atoms with van der Waals surface area (Å²) in [6, 6.07) is 5.19. The van der Waals surface area contributed by atoms with Crippen molar-refractivity contribution in [3.8, 4) is 5.75 Å². The largest absolute Gasteiger partial charge is 0.507 e. The zero-order valence-corrected chi connectivity index (χ0v) is 11.9. The maximum Gasteiger partial charge on any atom is 0.251 e. The minimum atomic E-state index is -0.0929. The number of hydrogen-bond donors (Lipinski definition) is 2. The lowest BCUT2D eigenvalue weighted by molar-refractivity contribution is 0.0933. The lowest BCUT2D eigenvalue weighted by atomic mass is 10.1. The highest BCUT2D eigenvalue weighted by Gasteiger charge is 2.16. The van der Waals surface area contributed by atoms with Crippen LogP contribution in [-0.2, 0) is 0 Å². The van der Waals surface area contributed by atoms with Gasteiger partial charge in [0.15, 0.2) is 0 Å². The summed E-state index contributed by atoms with van der Waals surface area (Å²) in [7, 11) is 0. The lowest BCUT2D eigenvalue weighted by Crippen LogP contribution is -2.34. The fraction of sp³-hybridized carbons (Fsp3) is 0.500. The van der Waals surface area contributed by atoms with Gasteiger partial charge >= 0.3 is 0 Å². The molecular formula is C14H18BrNO2. The van der Waals surface area contributed by atoms with Crippen LogP contribution >= 0.6 is 15.9 Å². The fourth-order valence-corrected chi connectivity index (χ4v) is 2.59. The van der Waals surface area contributed by atoms with Gasteiger partial charge in [-0.1, -0.05) is 25.7 Å². The van der Waals surface area contributed by atoms with Gasteiger partial charge in [-0.3, -0.25) is 4.79 Å². The highest BCUT2D eigenvalue weighted by atomic mass is 79.9. The van der Waals surface area contributed by atoms with Crippen LogP contribution in [0.3, 0.4) is 0 Å². The number of hydrogen-bond acceptors (Lipinski definition) is 2.